The molecule has 2 atom stereocenters. The van der Waals surface area contributed by atoms with Gasteiger partial charge in [-0.25, -0.2) is 4.68 Å². The topological polar surface area (TPSA) is 92.4 Å². The molecule has 1 aromatic heterocycles. The van der Waals surface area contributed by atoms with Crippen molar-refractivity contribution in [2.75, 3.05) is 19.8 Å². The van der Waals surface area contributed by atoms with Gasteiger partial charge in [-0.2, -0.15) is 0 Å². The summed E-state index contributed by atoms with van der Waals surface area (Å²) in [5.41, 5.74) is 0.866. The third-order valence-electron chi connectivity index (χ3n) is 3.92. The van der Waals surface area contributed by atoms with Crippen molar-refractivity contribution in [1.29, 1.82) is 0 Å². The molecule has 7 heteroatoms. The summed E-state index contributed by atoms with van der Waals surface area (Å²) in [6.07, 6.45) is 3.04. The van der Waals surface area contributed by atoms with Gasteiger partial charge in [0.2, 0.25) is 0 Å². The first kappa shape index (κ1) is 15.1. The highest BCUT2D eigenvalue weighted by Gasteiger charge is 2.39. The van der Waals surface area contributed by atoms with Crippen LogP contribution in [0.2, 0.25) is 0 Å². The lowest BCUT2D eigenvalue weighted by molar-refractivity contribution is -0.0748. The van der Waals surface area contributed by atoms with Crippen LogP contribution in [0.4, 0.5) is 0 Å². The molecule has 1 saturated heterocycles. The van der Waals surface area contributed by atoms with Crippen LogP contribution in [0.3, 0.4) is 0 Å². The maximum absolute atomic E-state index is 10.2. The molecule has 1 aliphatic heterocycles. The number of benzene rings is 1. The van der Waals surface area contributed by atoms with Crippen molar-refractivity contribution >= 4 is 0 Å². The number of ether oxygens (including phenoxy) is 1. The van der Waals surface area contributed by atoms with Crippen LogP contribution in [-0.2, 0) is 11.3 Å². The SMILES string of the molecule is OC(CNCc1cccc(-n2ccnn2)c1)C1(O)CCOC1. The summed E-state index contributed by atoms with van der Waals surface area (Å²) in [4.78, 5) is 0. The van der Waals surface area contributed by atoms with E-state index in [4.69, 9.17) is 4.74 Å². The average Bonchev–Trinajstić information content (AvgIpc) is 3.19. The first-order valence-corrected chi connectivity index (χ1v) is 7.32. The van der Waals surface area contributed by atoms with E-state index in [0.29, 0.717) is 26.1 Å². The molecule has 0 radical (unpaired) electrons. The second-order valence-corrected chi connectivity index (χ2v) is 5.57. The highest BCUT2D eigenvalue weighted by molar-refractivity contribution is 5.34. The van der Waals surface area contributed by atoms with Gasteiger partial charge >= 0.3 is 0 Å². The second kappa shape index (κ2) is 6.53. The fourth-order valence-corrected chi connectivity index (χ4v) is 2.53. The van der Waals surface area contributed by atoms with Crippen molar-refractivity contribution in [3.63, 3.8) is 0 Å². The number of hydrogen-bond acceptors (Lipinski definition) is 6. The minimum atomic E-state index is -1.13. The van der Waals surface area contributed by atoms with E-state index in [1.165, 1.54) is 0 Å². The molecule has 2 unspecified atom stereocenters. The summed E-state index contributed by atoms with van der Waals surface area (Å²) in [5.74, 6) is 0. The maximum Gasteiger partial charge on any atom is 0.117 e. The van der Waals surface area contributed by atoms with Crippen molar-refractivity contribution in [3.05, 3.63) is 42.2 Å². The Morgan fingerprint density at radius 3 is 3.09 bits per heavy atom. The molecule has 118 valence electrons. The fraction of sp³-hybridized carbons (Fsp3) is 0.467. The highest BCUT2D eigenvalue weighted by atomic mass is 16.5. The van der Waals surface area contributed by atoms with Crippen molar-refractivity contribution in [2.24, 2.45) is 0 Å². The Morgan fingerprint density at radius 1 is 1.45 bits per heavy atom. The van der Waals surface area contributed by atoms with E-state index < -0.39 is 11.7 Å². The van der Waals surface area contributed by atoms with Gasteiger partial charge in [-0.1, -0.05) is 17.3 Å². The highest BCUT2D eigenvalue weighted by Crippen LogP contribution is 2.22. The lowest BCUT2D eigenvalue weighted by Gasteiger charge is -2.27. The molecule has 0 aliphatic carbocycles. The van der Waals surface area contributed by atoms with E-state index in [1.54, 1.807) is 17.1 Å². The van der Waals surface area contributed by atoms with E-state index in [1.807, 2.05) is 24.3 Å². The Morgan fingerprint density at radius 2 is 2.36 bits per heavy atom. The third kappa shape index (κ3) is 3.33. The van der Waals surface area contributed by atoms with Crippen molar-refractivity contribution < 1.29 is 14.9 Å². The lowest BCUT2D eigenvalue weighted by Crippen LogP contribution is -2.48. The minimum Gasteiger partial charge on any atom is -0.389 e. The van der Waals surface area contributed by atoms with Crippen LogP contribution >= 0.6 is 0 Å². The van der Waals surface area contributed by atoms with Gasteiger partial charge in [0, 0.05) is 26.1 Å². The molecule has 0 spiro atoms. The summed E-state index contributed by atoms with van der Waals surface area (Å²) < 4.78 is 6.84. The Balaban J connectivity index is 1.54. The smallest absolute Gasteiger partial charge is 0.117 e. The number of nitrogens with one attached hydrogen (secondary N) is 1. The molecule has 1 fully saturated rings. The first-order chi connectivity index (χ1) is 10.7. The molecule has 2 heterocycles. The van der Waals surface area contributed by atoms with E-state index in [2.05, 4.69) is 15.6 Å². The molecule has 3 rings (SSSR count). The molecule has 0 saturated carbocycles. The number of aliphatic hydroxyl groups is 2. The summed E-state index contributed by atoms with van der Waals surface area (Å²) in [6, 6.07) is 7.89. The van der Waals surface area contributed by atoms with Crippen LogP contribution < -0.4 is 5.32 Å². The molecule has 22 heavy (non-hydrogen) atoms. The number of aliphatic hydroxyl groups excluding tert-OH is 1. The average molecular weight is 304 g/mol. The summed E-state index contributed by atoms with van der Waals surface area (Å²) in [7, 11) is 0. The van der Waals surface area contributed by atoms with Crippen LogP contribution in [0.1, 0.15) is 12.0 Å². The fourth-order valence-electron chi connectivity index (χ4n) is 2.53. The lowest BCUT2D eigenvalue weighted by atomic mass is 9.96. The van der Waals surface area contributed by atoms with Crippen molar-refractivity contribution in [1.82, 2.24) is 20.3 Å². The van der Waals surface area contributed by atoms with Gasteiger partial charge in [0.05, 0.1) is 30.8 Å². The van der Waals surface area contributed by atoms with Crippen LogP contribution in [0.15, 0.2) is 36.7 Å². The van der Waals surface area contributed by atoms with Crippen LogP contribution in [0.5, 0.6) is 0 Å². The van der Waals surface area contributed by atoms with Crippen LogP contribution in [-0.4, -0.2) is 56.7 Å². The van der Waals surface area contributed by atoms with Gasteiger partial charge in [0.25, 0.3) is 0 Å². The number of aromatic nitrogens is 3. The Bertz CT molecular complexity index is 597. The zero-order valence-corrected chi connectivity index (χ0v) is 12.2. The van der Waals surface area contributed by atoms with Gasteiger partial charge in [0.15, 0.2) is 0 Å². The molecule has 1 aliphatic rings. The largest absolute Gasteiger partial charge is 0.389 e. The Hall–Kier alpha value is -1.80. The second-order valence-electron chi connectivity index (χ2n) is 5.57. The van der Waals surface area contributed by atoms with E-state index >= 15 is 0 Å². The van der Waals surface area contributed by atoms with Crippen molar-refractivity contribution in [2.45, 2.75) is 24.7 Å². The molecule has 0 amide bonds. The number of nitrogens with zero attached hydrogens (tertiary/aromatic N) is 3. The zero-order valence-electron chi connectivity index (χ0n) is 12.2. The van der Waals surface area contributed by atoms with E-state index in [0.717, 1.165) is 11.3 Å². The Labute approximate surface area is 128 Å². The first-order valence-electron chi connectivity index (χ1n) is 7.32. The monoisotopic (exact) mass is 304 g/mol. The predicted molar refractivity (Wildman–Crippen MR) is 79.5 cm³/mol. The van der Waals surface area contributed by atoms with E-state index in [-0.39, 0.29) is 6.61 Å². The summed E-state index contributed by atoms with van der Waals surface area (Å²) >= 11 is 0. The van der Waals surface area contributed by atoms with Gasteiger partial charge in [-0.15, -0.1) is 5.10 Å². The van der Waals surface area contributed by atoms with Crippen molar-refractivity contribution in [3.8, 4) is 5.69 Å². The molecule has 1 aromatic carbocycles. The molecular weight excluding hydrogens is 284 g/mol. The maximum atomic E-state index is 10.2. The van der Waals surface area contributed by atoms with E-state index in [9.17, 15) is 10.2 Å². The Kier molecular flexibility index (Phi) is 4.49. The summed E-state index contributed by atoms with van der Waals surface area (Å²) in [5, 5.41) is 31.2. The number of rotatable bonds is 6. The predicted octanol–water partition coefficient (Wildman–Crippen LogP) is -0.131. The van der Waals surface area contributed by atoms with Crippen LogP contribution in [0.25, 0.3) is 5.69 Å². The minimum absolute atomic E-state index is 0.192. The standard InChI is InChI=1S/C15H20N4O3/c20-14(15(21)4-7-22-11-15)10-16-9-12-2-1-3-13(8-12)19-6-5-17-18-19/h1-3,5-6,8,14,16,20-21H,4,7,9-11H2. The van der Waals surface area contributed by atoms with Gasteiger partial charge < -0.3 is 20.3 Å². The number of hydrogen-bond donors (Lipinski definition) is 3. The molecule has 7 nitrogen and oxygen atoms in total. The summed E-state index contributed by atoms with van der Waals surface area (Å²) in [6.45, 7) is 1.59. The van der Waals surface area contributed by atoms with Gasteiger partial charge in [-0.05, 0) is 17.7 Å². The normalized spacial score (nSPS) is 22.8. The van der Waals surface area contributed by atoms with Gasteiger partial charge in [0.1, 0.15) is 5.60 Å². The zero-order chi connectivity index (χ0) is 15.4. The molecule has 3 N–H and O–H groups in total. The quantitative estimate of drug-likeness (QED) is 0.688. The molecule has 2 aromatic rings. The molecular formula is C15H20N4O3. The van der Waals surface area contributed by atoms with Gasteiger partial charge in [-0.3, -0.25) is 0 Å². The molecule has 0 bridgehead atoms. The third-order valence-corrected chi connectivity index (χ3v) is 3.92. The van der Waals surface area contributed by atoms with Crippen LogP contribution in [0, 0.1) is 0 Å².